The molecule has 0 spiro atoms. The van der Waals surface area contributed by atoms with Crippen molar-refractivity contribution in [2.75, 3.05) is 5.73 Å². The average Bonchev–Trinajstić information content (AvgIpc) is 2.64. The number of nitrogens with zero attached hydrogens (tertiary/aromatic N) is 1. The van der Waals surface area contributed by atoms with E-state index in [4.69, 9.17) is 10.3 Å². The Morgan fingerprint density at radius 2 is 2.27 bits per heavy atom. The largest absolute Gasteiger partial charge is 0.368 e. The van der Waals surface area contributed by atoms with Crippen LogP contribution < -0.4 is 5.73 Å². The van der Waals surface area contributed by atoms with Crippen molar-refractivity contribution < 1.29 is 4.52 Å². The third kappa shape index (κ3) is 1.15. The summed E-state index contributed by atoms with van der Waals surface area (Å²) < 4.78 is 4.98. The van der Waals surface area contributed by atoms with Crippen LogP contribution in [0.5, 0.6) is 0 Å². The highest BCUT2D eigenvalue weighted by Gasteiger charge is 2.55. The first kappa shape index (κ1) is 9.25. The molecule has 3 nitrogen and oxygen atoms in total. The van der Waals surface area contributed by atoms with Gasteiger partial charge in [0.25, 0.3) is 0 Å². The van der Waals surface area contributed by atoms with Gasteiger partial charge in [-0.1, -0.05) is 19.0 Å². The van der Waals surface area contributed by atoms with Gasteiger partial charge in [0.2, 0.25) is 5.88 Å². The number of nitrogens with two attached hydrogens (primary N) is 1. The van der Waals surface area contributed by atoms with Crippen molar-refractivity contribution in [2.45, 2.75) is 39.0 Å². The quantitative estimate of drug-likeness (QED) is 0.768. The van der Waals surface area contributed by atoms with E-state index in [1.54, 1.807) is 0 Å². The predicted octanol–water partition coefficient (Wildman–Crippen LogP) is 2.80. The molecule has 3 aliphatic rings. The highest BCUT2D eigenvalue weighted by atomic mass is 16.5. The SMILES string of the molecule is CC1(C)C2CCC(c3cc(N)on3)C1C2. The predicted molar refractivity (Wildman–Crippen MR) is 58.3 cm³/mol. The molecule has 0 aromatic carbocycles. The van der Waals surface area contributed by atoms with Gasteiger partial charge in [0, 0.05) is 12.0 Å². The maximum atomic E-state index is 5.58. The summed E-state index contributed by atoms with van der Waals surface area (Å²) in [7, 11) is 0. The van der Waals surface area contributed by atoms with Crippen molar-refractivity contribution in [1.82, 2.24) is 5.16 Å². The summed E-state index contributed by atoms with van der Waals surface area (Å²) in [4.78, 5) is 0. The number of anilines is 1. The lowest BCUT2D eigenvalue weighted by molar-refractivity contribution is -0.0818. The minimum absolute atomic E-state index is 0.448. The van der Waals surface area contributed by atoms with Gasteiger partial charge >= 0.3 is 0 Å². The third-order valence-electron chi connectivity index (χ3n) is 4.78. The van der Waals surface area contributed by atoms with E-state index in [1.165, 1.54) is 19.3 Å². The van der Waals surface area contributed by atoms with E-state index in [9.17, 15) is 0 Å². The maximum Gasteiger partial charge on any atom is 0.222 e. The van der Waals surface area contributed by atoms with E-state index in [0.717, 1.165) is 17.5 Å². The Balaban J connectivity index is 1.88. The Bertz CT molecular complexity index is 381. The molecule has 3 aliphatic carbocycles. The first-order chi connectivity index (χ1) is 7.09. The Hall–Kier alpha value is -0.990. The second-order valence-corrected chi connectivity index (χ2v) is 5.70. The van der Waals surface area contributed by atoms with Crippen molar-refractivity contribution in [2.24, 2.45) is 17.3 Å². The molecule has 82 valence electrons. The first-order valence-corrected chi connectivity index (χ1v) is 5.81. The van der Waals surface area contributed by atoms with Crippen molar-refractivity contribution in [3.63, 3.8) is 0 Å². The molecule has 3 saturated carbocycles. The van der Waals surface area contributed by atoms with Crippen LogP contribution in [0.2, 0.25) is 0 Å². The molecule has 3 atom stereocenters. The Kier molecular flexibility index (Phi) is 1.71. The van der Waals surface area contributed by atoms with E-state index >= 15 is 0 Å². The molecule has 0 amide bonds. The van der Waals surface area contributed by atoms with Crippen LogP contribution in [-0.4, -0.2) is 5.16 Å². The number of rotatable bonds is 1. The van der Waals surface area contributed by atoms with E-state index in [0.29, 0.717) is 17.2 Å². The molecule has 1 aromatic heterocycles. The molecule has 3 fully saturated rings. The van der Waals surface area contributed by atoms with Crippen LogP contribution in [0.3, 0.4) is 0 Å². The highest BCUT2D eigenvalue weighted by molar-refractivity contribution is 5.28. The van der Waals surface area contributed by atoms with Gasteiger partial charge < -0.3 is 10.3 Å². The average molecular weight is 206 g/mol. The Morgan fingerprint density at radius 3 is 2.80 bits per heavy atom. The van der Waals surface area contributed by atoms with Crippen molar-refractivity contribution in [3.8, 4) is 0 Å². The van der Waals surface area contributed by atoms with Crippen LogP contribution in [0.25, 0.3) is 0 Å². The zero-order valence-electron chi connectivity index (χ0n) is 9.36. The number of fused-ring (bicyclic) bond motifs is 2. The molecule has 1 heterocycles. The van der Waals surface area contributed by atoms with E-state index < -0.39 is 0 Å². The lowest BCUT2D eigenvalue weighted by atomic mass is 9.45. The van der Waals surface area contributed by atoms with Crippen molar-refractivity contribution in [3.05, 3.63) is 11.8 Å². The van der Waals surface area contributed by atoms with Crippen LogP contribution >= 0.6 is 0 Å². The molecule has 0 radical (unpaired) electrons. The number of aromatic nitrogens is 1. The molecular weight excluding hydrogens is 188 g/mol. The summed E-state index contributed by atoms with van der Waals surface area (Å²) in [6, 6.07) is 1.90. The van der Waals surface area contributed by atoms with Gasteiger partial charge in [0.15, 0.2) is 0 Å². The fourth-order valence-electron chi connectivity index (χ4n) is 3.64. The van der Waals surface area contributed by atoms with Crippen molar-refractivity contribution >= 4 is 5.88 Å². The van der Waals surface area contributed by atoms with E-state index in [1.807, 2.05) is 6.07 Å². The normalized spacial score (nSPS) is 37.3. The fourth-order valence-corrected chi connectivity index (χ4v) is 3.64. The van der Waals surface area contributed by atoms with Gasteiger partial charge in [-0.25, -0.2) is 0 Å². The molecular formula is C12H18N2O. The topological polar surface area (TPSA) is 52.0 Å². The van der Waals surface area contributed by atoms with Crippen LogP contribution in [-0.2, 0) is 0 Å². The highest BCUT2D eigenvalue weighted by Crippen LogP contribution is 2.63. The second-order valence-electron chi connectivity index (χ2n) is 5.70. The lowest BCUT2D eigenvalue weighted by Gasteiger charge is -2.59. The molecule has 4 rings (SSSR count). The van der Waals surface area contributed by atoms with Crippen LogP contribution in [0, 0.1) is 17.3 Å². The van der Waals surface area contributed by atoms with Gasteiger partial charge in [-0.05, 0) is 36.5 Å². The summed E-state index contributed by atoms with van der Waals surface area (Å²) in [5.41, 5.74) is 7.15. The first-order valence-electron chi connectivity index (χ1n) is 5.81. The van der Waals surface area contributed by atoms with Gasteiger partial charge in [-0.15, -0.1) is 0 Å². The van der Waals surface area contributed by atoms with E-state index in [-0.39, 0.29) is 0 Å². The smallest absolute Gasteiger partial charge is 0.222 e. The van der Waals surface area contributed by atoms with Crippen LogP contribution in [0.4, 0.5) is 5.88 Å². The second kappa shape index (κ2) is 2.77. The monoisotopic (exact) mass is 206 g/mol. The fraction of sp³-hybridized carbons (Fsp3) is 0.750. The third-order valence-corrected chi connectivity index (χ3v) is 4.78. The summed E-state index contributed by atoms with van der Waals surface area (Å²) in [5, 5.41) is 4.08. The lowest BCUT2D eigenvalue weighted by Crippen LogP contribution is -2.51. The molecule has 15 heavy (non-hydrogen) atoms. The zero-order valence-corrected chi connectivity index (χ0v) is 9.36. The van der Waals surface area contributed by atoms with Crippen molar-refractivity contribution in [1.29, 1.82) is 0 Å². The molecule has 0 saturated heterocycles. The van der Waals surface area contributed by atoms with Gasteiger partial charge in [-0.2, -0.15) is 0 Å². The molecule has 2 bridgehead atoms. The van der Waals surface area contributed by atoms with Gasteiger partial charge in [-0.3, -0.25) is 0 Å². The van der Waals surface area contributed by atoms with Crippen LogP contribution in [0.15, 0.2) is 10.6 Å². The molecule has 0 aliphatic heterocycles. The Labute approximate surface area is 90.0 Å². The standard InChI is InChI=1S/C12H18N2O/c1-12(2)7-3-4-8(9(12)5-7)10-6-11(13)15-14-10/h6-9H,3-5,13H2,1-2H3. The maximum absolute atomic E-state index is 5.58. The summed E-state index contributed by atoms with van der Waals surface area (Å²) in [6.45, 7) is 4.78. The summed E-state index contributed by atoms with van der Waals surface area (Å²) in [5.74, 6) is 2.74. The molecule has 3 heteroatoms. The zero-order chi connectivity index (χ0) is 10.6. The van der Waals surface area contributed by atoms with Gasteiger partial charge in [0.05, 0.1) is 5.69 Å². The molecule has 3 unspecified atom stereocenters. The van der Waals surface area contributed by atoms with E-state index in [2.05, 4.69) is 19.0 Å². The number of hydrogen-bond acceptors (Lipinski definition) is 3. The minimum Gasteiger partial charge on any atom is -0.368 e. The number of nitrogen functional groups attached to an aromatic ring is 1. The van der Waals surface area contributed by atoms with Gasteiger partial charge in [0.1, 0.15) is 0 Å². The number of hydrogen-bond donors (Lipinski definition) is 1. The molecule has 1 aromatic rings. The minimum atomic E-state index is 0.448. The van der Waals surface area contributed by atoms with Crippen LogP contribution in [0.1, 0.15) is 44.7 Å². The molecule has 2 N–H and O–H groups in total. The summed E-state index contributed by atoms with van der Waals surface area (Å²) >= 11 is 0. The summed E-state index contributed by atoms with van der Waals surface area (Å²) in [6.07, 6.45) is 3.95. The Morgan fingerprint density at radius 1 is 1.47 bits per heavy atom.